The Bertz CT molecular complexity index is 505. The third kappa shape index (κ3) is 5.39. The van der Waals surface area contributed by atoms with Gasteiger partial charge in [0.05, 0.1) is 18.7 Å². The standard InChI is InChI=1S/C16H24ClNO4/c1-5-22-15-12(17)7-11(8-14(15)21-4)9-18-13(16(19)20)6-10(2)3/h7-8,10,13,18H,5-6,9H2,1-4H3,(H,19,20)/t13-/m0/s1. The number of rotatable bonds is 9. The number of benzene rings is 1. The van der Waals surface area contributed by atoms with Crippen molar-refractivity contribution in [3.63, 3.8) is 0 Å². The second-order valence-corrected chi connectivity index (χ2v) is 5.85. The second kappa shape index (κ2) is 8.86. The number of methoxy groups -OCH3 is 1. The Morgan fingerprint density at radius 1 is 1.41 bits per heavy atom. The molecular weight excluding hydrogens is 306 g/mol. The van der Waals surface area contributed by atoms with Crippen LogP contribution in [0.2, 0.25) is 5.02 Å². The summed E-state index contributed by atoms with van der Waals surface area (Å²) >= 11 is 6.21. The van der Waals surface area contributed by atoms with Gasteiger partial charge in [0.15, 0.2) is 11.5 Å². The molecule has 1 atom stereocenters. The van der Waals surface area contributed by atoms with E-state index >= 15 is 0 Å². The first-order valence-corrected chi connectivity index (χ1v) is 7.72. The van der Waals surface area contributed by atoms with Gasteiger partial charge in [-0.3, -0.25) is 4.79 Å². The first-order chi connectivity index (χ1) is 10.4. The fourth-order valence-corrected chi connectivity index (χ4v) is 2.43. The van der Waals surface area contributed by atoms with Crippen LogP contribution in [0.5, 0.6) is 11.5 Å². The van der Waals surface area contributed by atoms with Gasteiger partial charge in [-0.2, -0.15) is 0 Å². The Morgan fingerprint density at radius 3 is 2.59 bits per heavy atom. The molecule has 0 unspecified atom stereocenters. The van der Waals surface area contributed by atoms with E-state index in [2.05, 4.69) is 5.32 Å². The van der Waals surface area contributed by atoms with E-state index in [1.54, 1.807) is 19.2 Å². The van der Waals surface area contributed by atoms with Gasteiger partial charge >= 0.3 is 5.97 Å². The SMILES string of the molecule is CCOc1c(Cl)cc(CN[C@@H](CC(C)C)C(=O)O)cc1OC. The largest absolute Gasteiger partial charge is 0.493 e. The molecule has 0 aliphatic carbocycles. The number of aliphatic carboxylic acids is 1. The zero-order valence-corrected chi connectivity index (χ0v) is 14.2. The molecule has 0 aliphatic rings. The van der Waals surface area contributed by atoms with Crippen LogP contribution in [0.25, 0.3) is 0 Å². The number of ether oxygens (including phenoxy) is 2. The highest BCUT2D eigenvalue weighted by Gasteiger charge is 2.19. The summed E-state index contributed by atoms with van der Waals surface area (Å²) in [6.45, 7) is 6.74. The van der Waals surface area contributed by atoms with Gasteiger partial charge in [-0.05, 0) is 37.0 Å². The van der Waals surface area contributed by atoms with Crippen LogP contribution in [0.15, 0.2) is 12.1 Å². The summed E-state index contributed by atoms with van der Waals surface area (Å²) in [5, 5.41) is 12.7. The molecule has 0 bridgehead atoms. The molecule has 0 aliphatic heterocycles. The van der Waals surface area contributed by atoms with Crippen LogP contribution in [-0.2, 0) is 11.3 Å². The topological polar surface area (TPSA) is 67.8 Å². The molecule has 1 aromatic carbocycles. The summed E-state index contributed by atoms with van der Waals surface area (Å²) in [4.78, 5) is 11.3. The van der Waals surface area contributed by atoms with E-state index in [0.29, 0.717) is 42.0 Å². The summed E-state index contributed by atoms with van der Waals surface area (Å²) in [5.74, 6) is 0.499. The molecule has 1 aromatic rings. The summed E-state index contributed by atoms with van der Waals surface area (Å²) in [6.07, 6.45) is 0.567. The van der Waals surface area contributed by atoms with Crippen molar-refractivity contribution in [2.45, 2.75) is 39.8 Å². The van der Waals surface area contributed by atoms with Crippen molar-refractivity contribution in [3.8, 4) is 11.5 Å². The average Bonchev–Trinajstić information content (AvgIpc) is 2.45. The minimum atomic E-state index is -0.849. The molecule has 0 spiro atoms. The van der Waals surface area contributed by atoms with E-state index in [-0.39, 0.29) is 0 Å². The molecular formula is C16H24ClNO4. The van der Waals surface area contributed by atoms with Gasteiger partial charge in [0.1, 0.15) is 6.04 Å². The lowest BCUT2D eigenvalue weighted by molar-refractivity contribution is -0.140. The molecule has 0 fully saturated rings. The van der Waals surface area contributed by atoms with E-state index in [1.807, 2.05) is 20.8 Å². The number of carbonyl (C=O) groups is 1. The Labute approximate surface area is 136 Å². The molecule has 22 heavy (non-hydrogen) atoms. The molecule has 0 radical (unpaired) electrons. The molecule has 0 saturated carbocycles. The molecule has 0 saturated heterocycles. The van der Waals surface area contributed by atoms with Crippen LogP contribution in [0.1, 0.15) is 32.8 Å². The van der Waals surface area contributed by atoms with Gasteiger partial charge in [0, 0.05) is 6.54 Å². The zero-order valence-electron chi connectivity index (χ0n) is 13.5. The first kappa shape index (κ1) is 18.6. The maximum Gasteiger partial charge on any atom is 0.320 e. The summed E-state index contributed by atoms with van der Waals surface area (Å²) in [7, 11) is 1.55. The monoisotopic (exact) mass is 329 g/mol. The highest BCUT2D eigenvalue weighted by molar-refractivity contribution is 6.32. The fraction of sp³-hybridized carbons (Fsp3) is 0.562. The van der Waals surface area contributed by atoms with Crippen molar-refractivity contribution in [1.29, 1.82) is 0 Å². The van der Waals surface area contributed by atoms with E-state index in [4.69, 9.17) is 21.1 Å². The van der Waals surface area contributed by atoms with Crippen LogP contribution in [0.4, 0.5) is 0 Å². The molecule has 1 rings (SSSR count). The van der Waals surface area contributed by atoms with E-state index < -0.39 is 12.0 Å². The van der Waals surface area contributed by atoms with Crippen LogP contribution < -0.4 is 14.8 Å². The average molecular weight is 330 g/mol. The Balaban J connectivity index is 2.85. The highest BCUT2D eigenvalue weighted by Crippen LogP contribution is 2.36. The number of halogens is 1. The zero-order chi connectivity index (χ0) is 16.7. The molecule has 6 heteroatoms. The lowest BCUT2D eigenvalue weighted by Gasteiger charge is -2.18. The number of carboxylic acids is 1. The minimum Gasteiger partial charge on any atom is -0.493 e. The number of hydrogen-bond acceptors (Lipinski definition) is 4. The van der Waals surface area contributed by atoms with E-state index in [1.165, 1.54) is 0 Å². The quantitative estimate of drug-likeness (QED) is 0.727. The molecule has 0 amide bonds. The van der Waals surface area contributed by atoms with Crippen LogP contribution in [0, 0.1) is 5.92 Å². The van der Waals surface area contributed by atoms with Gasteiger partial charge in [0.2, 0.25) is 0 Å². The molecule has 0 heterocycles. The Hall–Kier alpha value is -1.46. The van der Waals surface area contributed by atoms with E-state index in [0.717, 1.165) is 5.56 Å². The lowest BCUT2D eigenvalue weighted by Crippen LogP contribution is -2.37. The van der Waals surface area contributed by atoms with Crippen molar-refractivity contribution in [2.24, 2.45) is 5.92 Å². The molecule has 2 N–H and O–H groups in total. The Morgan fingerprint density at radius 2 is 2.09 bits per heavy atom. The summed E-state index contributed by atoms with van der Waals surface area (Å²) < 4.78 is 10.7. The van der Waals surface area contributed by atoms with Gasteiger partial charge in [-0.15, -0.1) is 0 Å². The van der Waals surface area contributed by atoms with Crippen LogP contribution in [-0.4, -0.2) is 30.8 Å². The normalized spacial score (nSPS) is 12.3. The van der Waals surface area contributed by atoms with Crippen LogP contribution >= 0.6 is 11.6 Å². The number of nitrogens with one attached hydrogen (secondary N) is 1. The minimum absolute atomic E-state index is 0.298. The van der Waals surface area contributed by atoms with Crippen molar-refractivity contribution >= 4 is 17.6 Å². The predicted molar refractivity (Wildman–Crippen MR) is 86.9 cm³/mol. The molecule has 124 valence electrons. The first-order valence-electron chi connectivity index (χ1n) is 7.34. The van der Waals surface area contributed by atoms with Gasteiger partial charge < -0.3 is 19.9 Å². The summed E-state index contributed by atoms with van der Waals surface area (Å²) in [6, 6.07) is 2.98. The smallest absolute Gasteiger partial charge is 0.320 e. The van der Waals surface area contributed by atoms with Gasteiger partial charge in [-0.1, -0.05) is 25.4 Å². The van der Waals surface area contributed by atoms with Gasteiger partial charge in [0.25, 0.3) is 0 Å². The van der Waals surface area contributed by atoms with Gasteiger partial charge in [-0.25, -0.2) is 0 Å². The number of carboxylic acid groups (broad SMARTS) is 1. The summed E-state index contributed by atoms with van der Waals surface area (Å²) in [5.41, 5.74) is 0.848. The van der Waals surface area contributed by atoms with Crippen molar-refractivity contribution < 1.29 is 19.4 Å². The van der Waals surface area contributed by atoms with Crippen molar-refractivity contribution in [3.05, 3.63) is 22.7 Å². The molecule has 0 aromatic heterocycles. The third-order valence-electron chi connectivity index (χ3n) is 3.14. The Kier molecular flexibility index (Phi) is 7.48. The predicted octanol–water partition coefficient (Wildman–Crippen LogP) is 3.34. The lowest BCUT2D eigenvalue weighted by atomic mass is 10.0. The third-order valence-corrected chi connectivity index (χ3v) is 3.42. The van der Waals surface area contributed by atoms with Crippen LogP contribution in [0.3, 0.4) is 0 Å². The number of hydrogen-bond donors (Lipinski definition) is 2. The maximum absolute atomic E-state index is 11.3. The van der Waals surface area contributed by atoms with Crippen molar-refractivity contribution in [1.82, 2.24) is 5.32 Å². The molecule has 5 nitrogen and oxygen atoms in total. The van der Waals surface area contributed by atoms with Crippen molar-refractivity contribution in [2.75, 3.05) is 13.7 Å². The highest BCUT2D eigenvalue weighted by atomic mass is 35.5. The van der Waals surface area contributed by atoms with E-state index in [9.17, 15) is 9.90 Å². The second-order valence-electron chi connectivity index (χ2n) is 5.44. The fourth-order valence-electron chi connectivity index (χ4n) is 2.14. The maximum atomic E-state index is 11.3.